The molecule has 59 heavy (non-hydrogen) atoms. The van der Waals surface area contributed by atoms with Crippen LogP contribution < -0.4 is 15.0 Å². The van der Waals surface area contributed by atoms with Crippen molar-refractivity contribution in [1.29, 1.82) is 0 Å². The molecule has 1 aliphatic carbocycles. The van der Waals surface area contributed by atoms with Gasteiger partial charge < -0.3 is 19.4 Å². The Morgan fingerprint density at radius 3 is 2.47 bits per heavy atom. The third-order valence-corrected chi connectivity index (χ3v) is 11.1. The van der Waals surface area contributed by atoms with Crippen molar-refractivity contribution in [2.45, 2.75) is 19.3 Å². The summed E-state index contributed by atoms with van der Waals surface area (Å²) in [5, 5.41) is 4.78. The summed E-state index contributed by atoms with van der Waals surface area (Å²) in [6, 6.07) is 44.4. The minimum absolute atomic E-state index is 0.603. The second kappa shape index (κ2) is 15.4. The van der Waals surface area contributed by atoms with Gasteiger partial charge in [0, 0.05) is 51.6 Å². The molecule has 0 bridgehead atoms. The highest BCUT2D eigenvalue weighted by molar-refractivity contribution is 6.05. The minimum Gasteiger partial charge on any atom is -0.460 e. The molecule has 1 N–H and O–H groups in total. The van der Waals surface area contributed by atoms with Crippen LogP contribution in [0.3, 0.4) is 0 Å². The van der Waals surface area contributed by atoms with Crippen LogP contribution in [0.1, 0.15) is 34.4 Å². The van der Waals surface area contributed by atoms with Crippen molar-refractivity contribution >= 4 is 51.1 Å². The Balaban J connectivity index is 0.984. The Hall–Kier alpha value is -7.63. The molecule has 0 saturated carbocycles. The van der Waals surface area contributed by atoms with E-state index in [1.165, 1.54) is 22.3 Å². The highest BCUT2D eigenvalue weighted by Gasteiger charge is 2.25. The fourth-order valence-electron chi connectivity index (χ4n) is 8.21. The predicted octanol–water partition coefficient (Wildman–Crippen LogP) is 14.2. The summed E-state index contributed by atoms with van der Waals surface area (Å²) in [6.45, 7) is 8.55. The Morgan fingerprint density at radius 2 is 1.54 bits per heavy atom. The van der Waals surface area contributed by atoms with Gasteiger partial charge in [0.1, 0.15) is 28.7 Å². The molecular formula is C54H41N3O2. The van der Waals surface area contributed by atoms with Gasteiger partial charge in [0.05, 0.1) is 11.4 Å². The van der Waals surface area contributed by atoms with Crippen LogP contribution >= 0.6 is 0 Å². The SMILES string of the molecule is C=C1/C=C\C=C/Cc2cc(-c3cccc(N4/C=C\C=C/C(=C)c5c4ccc4c6c(oc54)CCC(c4cccc(Nc5ccccc5-c5ccccc5)c4)=C6)n3)ccc2O1. The van der Waals surface area contributed by atoms with E-state index < -0.39 is 0 Å². The first-order valence-corrected chi connectivity index (χ1v) is 20.0. The summed E-state index contributed by atoms with van der Waals surface area (Å²) >= 11 is 0. The summed E-state index contributed by atoms with van der Waals surface area (Å²) in [4.78, 5) is 7.34. The molecule has 10 rings (SSSR count). The number of fused-ring (bicyclic) bond motifs is 6. The molecule has 284 valence electrons. The second-order valence-electron chi connectivity index (χ2n) is 14.9. The fraction of sp³-hybridized carbons (Fsp3) is 0.0556. The zero-order valence-corrected chi connectivity index (χ0v) is 32.6. The van der Waals surface area contributed by atoms with E-state index in [0.717, 1.165) is 98.1 Å². The number of hydrogen-bond donors (Lipinski definition) is 1. The van der Waals surface area contributed by atoms with E-state index >= 15 is 0 Å². The van der Waals surface area contributed by atoms with E-state index in [0.29, 0.717) is 5.76 Å². The Bertz CT molecular complexity index is 2960. The molecule has 2 aliphatic heterocycles. The van der Waals surface area contributed by atoms with Crippen molar-refractivity contribution in [1.82, 2.24) is 4.98 Å². The van der Waals surface area contributed by atoms with Crippen LogP contribution in [0.2, 0.25) is 0 Å². The number of aromatic nitrogens is 1. The number of rotatable bonds is 6. The number of nitrogens with zero attached hydrogens (tertiary/aromatic N) is 2. The van der Waals surface area contributed by atoms with E-state index in [-0.39, 0.29) is 0 Å². The number of pyridine rings is 1. The molecule has 2 aromatic heterocycles. The van der Waals surface area contributed by atoms with Crippen molar-refractivity contribution in [3.05, 3.63) is 223 Å². The van der Waals surface area contributed by atoms with Crippen LogP contribution in [0.15, 0.2) is 199 Å². The molecule has 0 atom stereocenters. The number of para-hydroxylation sites is 1. The van der Waals surface area contributed by atoms with E-state index in [2.05, 4.69) is 151 Å². The minimum atomic E-state index is 0.603. The first-order chi connectivity index (χ1) is 29.1. The molecule has 0 fully saturated rings. The first kappa shape index (κ1) is 35.8. The number of allylic oxidation sites excluding steroid dienone is 9. The highest BCUT2D eigenvalue weighted by Crippen LogP contribution is 2.45. The maximum Gasteiger partial charge on any atom is 0.144 e. The smallest absolute Gasteiger partial charge is 0.144 e. The number of ether oxygens (including phenoxy) is 1. The standard InChI is InChI=1S/C54H41N3O2/c1-36-15-11-12-32-57(52-25-14-24-47(56-52)41-27-30-50-42(33-41)19-8-3-5-16-37(2)58-50)49-29-28-45-46-35-40(26-31-51(46)59-54(45)53(36)49)39-20-13-21-43(34-39)55-48-23-10-9-22-44(48)38-17-6-4-7-18-38/h3-18,20-25,27-30,32-35,55H,1-2,19,26,31H2/b8-3-,15-11-,16-5-,32-12-. The van der Waals surface area contributed by atoms with E-state index in [9.17, 15) is 0 Å². The van der Waals surface area contributed by atoms with Crippen LogP contribution in [0, 0.1) is 0 Å². The van der Waals surface area contributed by atoms with Crippen LogP contribution in [0.5, 0.6) is 5.75 Å². The van der Waals surface area contributed by atoms with Crippen LogP contribution in [-0.4, -0.2) is 4.98 Å². The van der Waals surface area contributed by atoms with Crippen molar-refractivity contribution < 1.29 is 9.15 Å². The van der Waals surface area contributed by atoms with Crippen LogP contribution in [0.25, 0.3) is 50.6 Å². The van der Waals surface area contributed by atoms with Gasteiger partial charge in [-0.25, -0.2) is 4.98 Å². The normalized spacial score (nSPS) is 16.7. The lowest BCUT2D eigenvalue weighted by Crippen LogP contribution is -2.13. The molecule has 0 saturated heterocycles. The number of anilines is 4. The molecule has 0 unspecified atom stereocenters. The Morgan fingerprint density at radius 1 is 0.695 bits per heavy atom. The van der Waals surface area contributed by atoms with Gasteiger partial charge in [-0.2, -0.15) is 0 Å². The van der Waals surface area contributed by atoms with Gasteiger partial charge in [-0.3, -0.25) is 0 Å². The molecule has 3 aliphatic rings. The molecule has 5 nitrogen and oxygen atoms in total. The molecule has 4 heterocycles. The Kier molecular flexibility index (Phi) is 9.32. The van der Waals surface area contributed by atoms with Gasteiger partial charge in [0.15, 0.2) is 0 Å². The molecule has 0 radical (unpaired) electrons. The number of benzene rings is 5. The lowest BCUT2D eigenvalue weighted by atomic mass is 9.90. The third-order valence-electron chi connectivity index (χ3n) is 11.1. The van der Waals surface area contributed by atoms with E-state index in [1.807, 2.05) is 54.7 Å². The number of hydrogen-bond acceptors (Lipinski definition) is 5. The van der Waals surface area contributed by atoms with Gasteiger partial charge in [-0.1, -0.05) is 110 Å². The molecule has 0 amide bonds. The largest absolute Gasteiger partial charge is 0.460 e. The summed E-state index contributed by atoms with van der Waals surface area (Å²) < 4.78 is 12.9. The van der Waals surface area contributed by atoms with E-state index in [1.54, 1.807) is 0 Å². The summed E-state index contributed by atoms with van der Waals surface area (Å²) in [5.74, 6) is 3.19. The monoisotopic (exact) mass is 763 g/mol. The number of nitrogens with one attached hydrogen (secondary N) is 1. The van der Waals surface area contributed by atoms with Gasteiger partial charge >= 0.3 is 0 Å². The van der Waals surface area contributed by atoms with Gasteiger partial charge in [-0.05, 0) is 120 Å². The average molecular weight is 764 g/mol. The summed E-state index contributed by atoms with van der Waals surface area (Å²) in [7, 11) is 0. The molecule has 7 aromatic rings. The molecule has 5 heteroatoms. The maximum absolute atomic E-state index is 6.81. The lowest BCUT2D eigenvalue weighted by Gasteiger charge is -2.24. The van der Waals surface area contributed by atoms with Gasteiger partial charge in [0.25, 0.3) is 0 Å². The number of aryl methyl sites for hydroxylation is 1. The highest BCUT2D eigenvalue weighted by atomic mass is 16.5. The van der Waals surface area contributed by atoms with E-state index in [4.69, 9.17) is 14.1 Å². The number of furan rings is 1. The predicted molar refractivity (Wildman–Crippen MR) is 245 cm³/mol. The van der Waals surface area contributed by atoms with Crippen LogP contribution in [-0.2, 0) is 12.8 Å². The lowest BCUT2D eigenvalue weighted by molar-refractivity contribution is 0.443. The van der Waals surface area contributed by atoms with Crippen LogP contribution in [0.4, 0.5) is 22.9 Å². The van der Waals surface area contributed by atoms with Gasteiger partial charge in [0.2, 0.25) is 0 Å². The second-order valence-corrected chi connectivity index (χ2v) is 14.9. The maximum atomic E-state index is 6.81. The first-order valence-electron chi connectivity index (χ1n) is 20.0. The van der Waals surface area contributed by atoms with Gasteiger partial charge in [-0.15, -0.1) is 0 Å². The molecular weight excluding hydrogens is 723 g/mol. The average Bonchev–Trinajstić information content (AvgIpc) is 3.67. The van der Waals surface area contributed by atoms with Crippen molar-refractivity contribution in [2.75, 3.05) is 10.2 Å². The topological polar surface area (TPSA) is 50.5 Å². The third kappa shape index (κ3) is 7.04. The summed E-state index contributed by atoms with van der Waals surface area (Å²) in [6.07, 6.45) is 20.9. The summed E-state index contributed by atoms with van der Waals surface area (Å²) in [5.41, 5.74) is 14.7. The quantitative estimate of drug-likeness (QED) is 0.183. The molecule has 5 aromatic carbocycles. The zero-order chi connectivity index (χ0) is 39.7. The van der Waals surface area contributed by atoms with Crippen molar-refractivity contribution in [3.63, 3.8) is 0 Å². The van der Waals surface area contributed by atoms with Crippen molar-refractivity contribution in [2.24, 2.45) is 0 Å². The Labute approximate surface area is 344 Å². The molecule has 0 spiro atoms. The zero-order valence-electron chi connectivity index (χ0n) is 32.6. The fourth-order valence-corrected chi connectivity index (χ4v) is 8.21. The van der Waals surface area contributed by atoms with Crippen molar-refractivity contribution in [3.8, 4) is 28.1 Å².